The molecule has 1 aromatic rings. The van der Waals surface area contributed by atoms with Crippen molar-refractivity contribution >= 4 is 11.6 Å². The SMILES string of the molecule is CCCOc1cccc(CCCCCl)c1. The average Bonchev–Trinajstić information content (AvgIpc) is 2.27. The van der Waals surface area contributed by atoms with E-state index in [9.17, 15) is 0 Å². The molecule has 0 spiro atoms. The largest absolute Gasteiger partial charge is 0.494 e. The van der Waals surface area contributed by atoms with E-state index in [1.807, 2.05) is 6.07 Å². The van der Waals surface area contributed by atoms with Crippen molar-refractivity contribution in [2.24, 2.45) is 0 Å². The lowest BCUT2D eigenvalue weighted by atomic mass is 10.1. The first-order valence-corrected chi connectivity index (χ1v) is 6.18. The lowest BCUT2D eigenvalue weighted by Gasteiger charge is -2.06. The number of alkyl halides is 1. The summed E-state index contributed by atoms with van der Waals surface area (Å²) in [5, 5.41) is 0. The molecule has 1 aromatic carbocycles. The summed E-state index contributed by atoms with van der Waals surface area (Å²) in [6.45, 7) is 2.91. The molecule has 0 N–H and O–H groups in total. The van der Waals surface area contributed by atoms with Crippen LogP contribution in [-0.2, 0) is 6.42 Å². The third-order valence-corrected chi connectivity index (χ3v) is 2.49. The lowest BCUT2D eigenvalue weighted by Crippen LogP contribution is -1.95. The number of rotatable bonds is 7. The van der Waals surface area contributed by atoms with Crippen LogP contribution >= 0.6 is 11.6 Å². The molecule has 0 bridgehead atoms. The first-order chi connectivity index (χ1) is 7.36. The maximum absolute atomic E-state index is 5.64. The predicted octanol–water partition coefficient (Wildman–Crippen LogP) is 4.04. The summed E-state index contributed by atoms with van der Waals surface area (Å²) in [5.74, 6) is 1.74. The highest BCUT2D eigenvalue weighted by atomic mass is 35.5. The zero-order valence-corrected chi connectivity index (χ0v) is 10.1. The second kappa shape index (κ2) is 7.58. The fraction of sp³-hybridized carbons (Fsp3) is 0.538. The summed E-state index contributed by atoms with van der Waals surface area (Å²) < 4.78 is 5.58. The van der Waals surface area contributed by atoms with Gasteiger partial charge in [-0.15, -0.1) is 11.6 Å². The van der Waals surface area contributed by atoms with Crippen molar-refractivity contribution in [3.63, 3.8) is 0 Å². The highest BCUT2D eigenvalue weighted by Crippen LogP contribution is 2.15. The van der Waals surface area contributed by atoms with Gasteiger partial charge < -0.3 is 4.74 Å². The van der Waals surface area contributed by atoms with Crippen LogP contribution in [0, 0.1) is 0 Å². The van der Waals surface area contributed by atoms with Crippen LogP contribution in [0.1, 0.15) is 31.7 Å². The normalized spacial score (nSPS) is 10.3. The minimum atomic E-state index is 0.756. The lowest BCUT2D eigenvalue weighted by molar-refractivity contribution is 0.317. The number of benzene rings is 1. The van der Waals surface area contributed by atoms with E-state index in [4.69, 9.17) is 16.3 Å². The van der Waals surface area contributed by atoms with E-state index in [-0.39, 0.29) is 0 Å². The molecule has 0 fully saturated rings. The van der Waals surface area contributed by atoms with E-state index in [1.54, 1.807) is 0 Å². The third kappa shape index (κ3) is 5.08. The van der Waals surface area contributed by atoms with Gasteiger partial charge >= 0.3 is 0 Å². The van der Waals surface area contributed by atoms with Crippen LogP contribution < -0.4 is 4.74 Å². The molecular weight excluding hydrogens is 208 g/mol. The Morgan fingerprint density at radius 3 is 2.87 bits per heavy atom. The summed E-state index contributed by atoms with van der Waals surface area (Å²) in [4.78, 5) is 0. The number of hydrogen-bond acceptors (Lipinski definition) is 1. The standard InChI is InChI=1S/C13H19ClO/c1-2-10-15-13-8-5-7-12(11-13)6-3-4-9-14/h5,7-8,11H,2-4,6,9-10H2,1H3. The van der Waals surface area contributed by atoms with Gasteiger partial charge in [-0.1, -0.05) is 19.1 Å². The third-order valence-electron chi connectivity index (χ3n) is 2.22. The van der Waals surface area contributed by atoms with Crippen molar-refractivity contribution in [1.29, 1.82) is 0 Å². The van der Waals surface area contributed by atoms with Crippen LogP contribution in [-0.4, -0.2) is 12.5 Å². The van der Waals surface area contributed by atoms with E-state index in [0.29, 0.717) is 0 Å². The number of aryl methyl sites for hydroxylation is 1. The van der Waals surface area contributed by atoms with Gasteiger partial charge in [0.25, 0.3) is 0 Å². The van der Waals surface area contributed by atoms with Gasteiger partial charge in [-0.2, -0.15) is 0 Å². The number of halogens is 1. The molecule has 0 unspecified atom stereocenters. The van der Waals surface area contributed by atoms with Crippen LogP contribution in [0.15, 0.2) is 24.3 Å². The Kier molecular flexibility index (Phi) is 6.26. The van der Waals surface area contributed by atoms with E-state index >= 15 is 0 Å². The van der Waals surface area contributed by atoms with Gasteiger partial charge in [0, 0.05) is 5.88 Å². The molecule has 2 heteroatoms. The summed E-state index contributed by atoms with van der Waals surface area (Å²) in [7, 11) is 0. The molecule has 0 amide bonds. The van der Waals surface area contributed by atoms with Gasteiger partial charge in [0.1, 0.15) is 5.75 Å². The molecule has 0 saturated heterocycles. The van der Waals surface area contributed by atoms with Crippen molar-refractivity contribution < 1.29 is 4.74 Å². The molecule has 0 atom stereocenters. The van der Waals surface area contributed by atoms with Crippen LogP contribution in [0.2, 0.25) is 0 Å². The molecular formula is C13H19ClO. The fourth-order valence-corrected chi connectivity index (χ4v) is 1.62. The molecule has 15 heavy (non-hydrogen) atoms. The van der Waals surface area contributed by atoms with Gasteiger partial charge in [0.05, 0.1) is 6.61 Å². The fourth-order valence-electron chi connectivity index (χ4n) is 1.43. The maximum atomic E-state index is 5.64. The minimum Gasteiger partial charge on any atom is -0.494 e. The zero-order valence-electron chi connectivity index (χ0n) is 9.34. The minimum absolute atomic E-state index is 0.756. The molecule has 0 aromatic heterocycles. The molecule has 0 heterocycles. The molecule has 84 valence electrons. The van der Waals surface area contributed by atoms with E-state index in [0.717, 1.165) is 43.9 Å². The Morgan fingerprint density at radius 1 is 1.27 bits per heavy atom. The highest BCUT2D eigenvalue weighted by Gasteiger charge is 1.96. The average molecular weight is 227 g/mol. The summed E-state index contributed by atoms with van der Waals surface area (Å²) in [5.41, 5.74) is 1.34. The Morgan fingerprint density at radius 2 is 2.13 bits per heavy atom. The van der Waals surface area contributed by atoms with Gasteiger partial charge in [-0.25, -0.2) is 0 Å². The van der Waals surface area contributed by atoms with Crippen LogP contribution in [0.4, 0.5) is 0 Å². The van der Waals surface area contributed by atoms with Gasteiger partial charge in [-0.05, 0) is 43.4 Å². The van der Waals surface area contributed by atoms with Gasteiger partial charge in [0.15, 0.2) is 0 Å². The molecule has 1 nitrogen and oxygen atoms in total. The van der Waals surface area contributed by atoms with Crippen LogP contribution in [0.25, 0.3) is 0 Å². The van der Waals surface area contributed by atoms with Gasteiger partial charge in [0.2, 0.25) is 0 Å². The first kappa shape index (κ1) is 12.4. The van der Waals surface area contributed by atoms with Crippen LogP contribution in [0.3, 0.4) is 0 Å². The summed E-state index contributed by atoms with van der Waals surface area (Å²) in [6.07, 6.45) is 4.38. The van der Waals surface area contributed by atoms with E-state index < -0.39 is 0 Å². The molecule has 0 aliphatic rings. The first-order valence-electron chi connectivity index (χ1n) is 5.64. The van der Waals surface area contributed by atoms with E-state index in [1.165, 1.54) is 5.56 Å². The van der Waals surface area contributed by atoms with Crippen molar-refractivity contribution in [1.82, 2.24) is 0 Å². The number of ether oxygens (including phenoxy) is 1. The Balaban J connectivity index is 2.42. The Hall–Kier alpha value is -0.690. The second-order valence-electron chi connectivity index (χ2n) is 3.64. The maximum Gasteiger partial charge on any atom is 0.119 e. The zero-order chi connectivity index (χ0) is 10.9. The van der Waals surface area contributed by atoms with Crippen molar-refractivity contribution in [3.8, 4) is 5.75 Å². The predicted molar refractivity (Wildman–Crippen MR) is 65.9 cm³/mol. The number of hydrogen-bond donors (Lipinski definition) is 0. The van der Waals surface area contributed by atoms with Crippen molar-refractivity contribution in [2.45, 2.75) is 32.6 Å². The van der Waals surface area contributed by atoms with E-state index in [2.05, 4.69) is 25.1 Å². The molecule has 0 aliphatic heterocycles. The molecule has 0 saturated carbocycles. The van der Waals surface area contributed by atoms with Crippen molar-refractivity contribution in [3.05, 3.63) is 29.8 Å². The Labute approximate surface area is 97.4 Å². The molecule has 0 radical (unpaired) electrons. The van der Waals surface area contributed by atoms with Crippen LogP contribution in [0.5, 0.6) is 5.75 Å². The monoisotopic (exact) mass is 226 g/mol. The highest BCUT2D eigenvalue weighted by molar-refractivity contribution is 6.17. The van der Waals surface area contributed by atoms with Crippen molar-refractivity contribution in [2.75, 3.05) is 12.5 Å². The van der Waals surface area contributed by atoms with Gasteiger partial charge in [-0.3, -0.25) is 0 Å². The topological polar surface area (TPSA) is 9.23 Å². The summed E-state index contributed by atoms with van der Waals surface area (Å²) >= 11 is 5.64. The molecule has 1 rings (SSSR count). The smallest absolute Gasteiger partial charge is 0.119 e. The quantitative estimate of drug-likeness (QED) is 0.504. The summed E-state index contributed by atoms with van der Waals surface area (Å²) in [6, 6.07) is 8.35. The number of unbranched alkanes of at least 4 members (excludes halogenated alkanes) is 1. The molecule has 0 aliphatic carbocycles. The Bertz CT molecular complexity index is 273. The second-order valence-corrected chi connectivity index (χ2v) is 4.02.